The SMILES string of the molecule is CCC1CCSC(NC2CCC2)=N1. The first-order chi connectivity index (χ1) is 6.38. The molecule has 0 aromatic heterocycles. The molecule has 1 unspecified atom stereocenters. The second-order valence-corrected chi connectivity index (χ2v) is 4.99. The van der Waals surface area contributed by atoms with Gasteiger partial charge in [-0.05, 0) is 32.1 Å². The molecule has 0 bridgehead atoms. The highest BCUT2D eigenvalue weighted by Crippen LogP contribution is 2.23. The lowest BCUT2D eigenvalue weighted by Gasteiger charge is -2.29. The number of amidine groups is 1. The molecule has 1 N–H and O–H groups in total. The molecule has 3 heteroatoms. The fourth-order valence-corrected chi connectivity index (χ4v) is 2.72. The van der Waals surface area contributed by atoms with E-state index in [2.05, 4.69) is 12.2 Å². The van der Waals surface area contributed by atoms with Crippen LogP contribution in [0.4, 0.5) is 0 Å². The van der Waals surface area contributed by atoms with Gasteiger partial charge >= 0.3 is 0 Å². The van der Waals surface area contributed by atoms with Gasteiger partial charge in [-0.25, -0.2) is 0 Å². The number of hydrogen-bond acceptors (Lipinski definition) is 3. The van der Waals surface area contributed by atoms with Crippen LogP contribution in [0.5, 0.6) is 0 Å². The molecule has 1 fully saturated rings. The Morgan fingerprint density at radius 1 is 1.46 bits per heavy atom. The van der Waals surface area contributed by atoms with Gasteiger partial charge in [-0.3, -0.25) is 4.99 Å². The lowest BCUT2D eigenvalue weighted by atomic mass is 9.93. The Morgan fingerprint density at radius 2 is 2.31 bits per heavy atom. The van der Waals surface area contributed by atoms with Gasteiger partial charge in [0, 0.05) is 11.8 Å². The molecule has 0 saturated heterocycles. The quantitative estimate of drug-likeness (QED) is 0.737. The lowest BCUT2D eigenvalue weighted by molar-refractivity contribution is 0.384. The first-order valence-electron chi connectivity index (χ1n) is 5.35. The van der Waals surface area contributed by atoms with E-state index in [1.54, 1.807) is 0 Å². The minimum atomic E-state index is 0.587. The Hall–Kier alpha value is -0.180. The molecular weight excluding hydrogens is 180 g/mol. The minimum absolute atomic E-state index is 0.587. The maximum Gasteiger partial charge on any atom is 0.157 e. The van der Waals surface area contributed by atoms with Crippen molar-refractivity contribution in [3.63, 3.8) is 0 Å². The molecule has 0 aromatic rings. The molecule has 1 saturated carbocycles. The number of rotatable bonds is 2. The number of thioether (sulfide) groups is 1. The Labute approximate surface area is 84.6 Å². The third kappa shape index (κ3) is 2.39. The molecule has 74 valence electrons. The maximum atomic E-state index is 4.69. The zero-order chi connectivity index (χ0) is 9.10. The molecule has 2 rings (SSSR count). The molecule has 2 aliphatic rings. The average molecular weight is 198 g/mol. The molecule has 1 atom stereocenters. The van der Waals surface area contributed by atoms with Gasteiger partial charge in [0.15, 0.2) is 5.17 Å². The summed E-state index contributed by atoms with van der Waals surface area (Å²) in [6.45, 7) is 2.23. The van der Waals surface area contributed by atoms with Crippen LogP contribution in [-0.4, -0.2) is 23.0 Å². The van der Waals surface area contributed by atoms with Crippen molar-refractivity contribution in [3.8, 4) is 0 Å². The number of aliphatic imine (C=N–C) groups is 1. The van der Waals surface area contributed by atoms with Gasteiger partial charge in [0.2, 0.25) is 0 Å². The monoisotopic (exact) mass is 198 g/mol. The average Bonchev–Trinajstić information content (AvgIpc) is 2.12. The molecule has 1 heterocycles. The molecular formula is C10H18N2S. The van der Waals surface area contributed by atoms with E-state index in [-0.39, 0.29) is 0 Å². The first kappa shape index (κ1) is 9.38. The van der Waals surface area contributed by atoms with Gasteiger partial charge in [-0.15, -0.1) is 0 Å². The van der Waals surface area contributed by atoms with Gasteiger partial charge < -0.3 is 5.32 Å². The van der Waals surface area contributed by atoms with Crippen LogP contribution in [0.3, 0.4) is 0 Å². The van der Waals surface area contributed by atoms with Gasteiger partial charge in [0.25, 0.3) is 0 Å². The van der Waals surface area contributed by atoms with E-state index in [0.29, 0.717) is 6.04 Å². The second kappa shape index (κ2) is 4.36. The summed E-state index contributed by atoms with van der Waals surface area (Å²) in [5.41, 5.74) is 0. The highest BCUT2D eigenvalue weighted by Gasteiger charge is 2.21. The van der Waals surface area contributed by atoms with Crippen LogP contribution in [0.15, 0.2) is 4.99 Å². The van der Waals surface area contributed by atoms with E-state index in [1.807, 2.05) is 11.8 Å². The van der Waals surface area contributed by atoms with Crippen LogP contribution >= 0.6 is 11.8 Å². The van der Waals surface area contributed by atoms with Crippen molar-refractivity contribution >= 4 is 16.9 Å². The summed E-state index contributed by atoms with van der Waals surface area (Å²) in [5.74, 6) is 1.25. The standard InChI is InChI=1S/C10H18N2S/c1-2-8-6-7-13-10(11-8)12-9-4-3-5-9/h8-9H,2-7H2,1H3,(H,11,12). The Kier molecular flexibility index (Phi) is 3.14. The van der Waals surface area contributed by atoms with E-state index >= 15 is 0 Å². The van der Waals surface area contributed by atoms with E-state index in [4.69, 9.17) is 4.99 Å². The van der Waals surface area contributed by atoms with E-state index < -0.39 is 0 Å². The molecule has 2 nitrogen and oxygen atoms in total. The highest BCUT2D eigenvalue weighted by atomic mass is 32.2. The van der Waals surface area contributed by atoms with Crippen molar-refractivity contribution in [2.24, 2.45) is 4.99 Å². The summed E-state index contributed by atoms with van der Waals surface area (Å²) in [6.07, 6.45) is 6.53. The first-order valence-corrected chi connectivity index (χ1v) is 6.34. The normalized spacial score (nSPS) is 29.3. The van der Waals surface area contributed by atoms with Crippen molar-refractivity contribution in [3.05, 3.63) is 0 Å². The second-order valence-electron chi connectivity index (χ2n) is 3.91. The smallest absolute Gasteiger partial charge is 0.157 e. The van der Waals surface area contributed by atoms with Crippen molar-refractivity contribution in [1.29, 1.82) is 0 Å². The Balaban J connectivity index is 1.85. The minimum Gasteiger partial charge on any atom is -0.362 e. The number of nitrogens with one attached hydrogen (secondary N) is 1. The van der Waals surface area contributed by atoms with Crippen LogP contribution in [-0.2, 0) is 0 Å². The molecule has 0 aromatic carbocycles. The summed E-state index contributed by atoms with van der Waals surface area (Å²) >= 11 is 1.90. The van der Waals surface area contributed by atoms with Crippen molar-refractivity contribution in [2.75, 3.05) is 5.75 Å². The Morgan fingerprint density at radius 3 is 2.92 bits per heavy atom. The molecule has 0 radical (unpaired) electrons. The summed E-state index contributed by atoms with van der Waals surface area (Å²) in [5, 5.41) is 4.74. The zero-order valence-electron chi connectivity index (χ0n) is 8.25. The van der Waals surface area contributed by atoms with E-state index in [9.17, 15) is 0 Å². The fraction of sp³-hybridized carbons (Fsp3) is 0.900. The van der Waals surface area contributed by atoms with Gasteiger partial charge in [-0.2, -0.15) is 0 Å². The largest absolute Gasteiger partial charge is 0.362 e. The Bertz CT molecular complexity index is 199. The van der Waals surface area contributed by atoms with Crippen LogP contribution in [0.2, 0.25) is 0 Å². The fourth-order valence-electron chi connectivity index (χ4n) is 1.66. The molecule has 13 heavy (non-hydrogen) atoms. The van der Waals surface area contributed by atoms with E-state index in [0.717, 1.165) is 6.04 Å². The summed E-state index contributed by atoms with van der Waals surface area (Å²) < 4.78 is 0. The summed E-state index contributed by atoms with van der Waals surface area (Å²) in [6, 6.07) is 1.32. The third-order valence-corrected chi connectivity index (χ3v) is 3.83. The van der Waals surface area contributed by atoms with Crippen LogP contribution < -0.4 is 5.32 Å². The van der Waals surface area contributed by atoms with Gasteiger partial charge in [0.1, 0.15) is 0 Å². The van der Waals surface area contributed by atoms with Crippen molar-refractivity contribution in [2.45, 2.75) is 51.1 Å². The van der Waals surface area contributed by atoms with Crippen LogP contribution in [0, 0.1) is 0 Å². The topological polar surface area (TPSA) is 24.4 Å². The third-order valence-electron chi connectivity index (χ3n) is 2.89. The number of nitrogens with zero attached hydrogens (tertiary/aromatic N) is 1. The molecule has 1 aliphatic heterocycles. The van der Waals surface area contributed by atoms with E-state index in [1.165, 1.54) is 43.0 Å². The molecule has 0 spiro atoms. The van der Waals surface area contributed by atoms with Gasteiger partial charge in [0.05, 0.1) is 6.04 Å². The predicted molar refractivity (Wildman–Crippen MR) is 59.4 cm³/mol. The van der Waals surface area contributed by atoms with Crippen molar-refractivity contribution < 1.29 is 0 Å². The predicted octanol–water partition coefficient (Wildman–Crippen LogP) is 2.40. The highest BCUT2D eigenvalue weighted by molar-refractivity contribution is 8.13. The zero-order valence-corrected chi connectivity index (χ0v) is 9.07. The maximum absolute atomic E-state index is 4.69. The lowest BCUT2D eigenvalue weighted by Crippen LogP contribution is -2.39. The van der Waals surface area contributed by atoms with Crippen LogP contribution in [0.1, 0.15) is 39.0 Å². The van der Waals surface area contributed by atoms with Gasteiger partial charge in [-0.1, -0.05) is 18.7 Å². The van der Waals surface area contributed by atoms with Crippen LogP contribution in [0.25, 0.3) is 0 Å². The summed E-state index contributed by atoms with van der Waals surface area (Å²) in [4.78, 5) is 4.69. The summed E-state index contributed by atoms with van der Waals surface area (Å²) in [7, 11) is 0. The van der Waals surface area contributed by atoms with Crippen molar-refractivity contribution in [1.82, 2.24) is 5.32 Å². The number of hydrogen-bond donors (Lipinski definition) is 1. The molecule has 1 aliphatic carbocycles. The molecule has 0 amide bonds.